The molecule has 0 bridgehead atoms. The standard InChI is InChI=1S/C78H50N4/c1-3-21-53(22-4-1)79-69-35-17-15-33-65(69)67-49-51(39-43-77(67)79)55-41-45-73(59-27-9-7-25-57(55)59)82(76-48-47-75(63-29-11-12-30-64(63)76)81-71-37-19-13-31-61(71)62-32-14-20-38-72(62)81)74-46-42-56(58-26-8-10-28-60(58)74)52-40-44-78-68(50-52)66-34-16-18-36-70(66)80(78)54-23-5-2-6-24-54/h1-50H. The van der Waals surface area contributed by atoms with Crippen molar-refractivity contribution in [2.45, 2.75) is 0 Å². The van der Waals surface area contributed by atoms with Crippen molar-refractivity contribution in [3.8, 4) is 39.3 Å². The third-order valence-corrected chi connectivity index (χ3v) is 17.2. The molecule has 17 aromatic rings. The van der Waals surface area contributed by atoms with Gasteiger partial charge in [-0.1, -0.05) is 206 Å². The number of fused-ring (bicyclic) bond motifs is 12. The number of nitrogens with zero attached hydrogens (tertiary/aromatic N) is 4. The molecule has 4 nitrogen and oxygen atoms in total. The van der Waals surface area contributed by atoms with Gasteiger partial charge in [0.25, 0.3) is 0 Å². The summed E-state index contributed by atoms with van der Waals surface area (Å²) in [5.74, 6) is 0. The highest BCUT2D eigenvalue weighted by atomic mass is 15.1. The van der Waals surface area contributed by atoms with Crippen molar-refractivity contribution < 1.29 is 0 Å². The van der Waals surface area contributed by atoms with Gasteiger partial charge in [-0.05, 0) is 130 Å². The highest BCUT2D eigenvalue weighted by Gasteiger charge is 2.25. The molecule has 17 rings (SSSR count). The van der Waals surface area contributed by atoms with Crippen LogP contribution < -0.4 is 4.90 Å². The second-order valence-electron chi connectivity index (χ2n) is 21.6. The molecule has 0 spiro atoms. The predicted octanol–water partition coefficient (Wildman–Crippen LogP) is 21.2. The van der Waals surface area contributed by atoms with E-state index in [4.69, 9.17) is 0 Å². The van der Waals surface area contributed by atoms with Crippen LogP contribution in [0.15, 0.2) is 303 Å². The maximum atomic E-state index is 2.55. The van der Waals surface area contributed by atoms with Crippen molar-refractivity contribution in [2.24, 2.45) is 0 Å². The molecular weight excluding hydrogens is 993 g/mol. The molecular formula is C78H50N4. The number of hydrogen-bond acceptors (Lipinski definition) is 1. The predicted molar refractivity (Wildman–Crippen MR) is 348 cm³/mol. The van der Waals surface area contributed by atoms with Gasteiger partial charge in [0.05, 0.1) is 55.8 Å². The van der Waals surface area contributed by atoms with Crippen molar-refractivity contribution in [3.05, 3.63) is 303 Å². The first-order chi connectivity index (χ1) is 40.7. The molecule has 0 saturated carbocycles. The van der Waals surface area contributed by atoms with Crippen molar-refractivity contribution in [1.82, 2.24) is 13.7 Å². The number of aromatic nitrogens is 3. The van der Waals surface area contributed by atoms with Crippen molar-refractivity contribution in [3.63, 3.8) is 0 Å². The van der Waals surface area contributed by atoms with Crippen LogP contribution in [0.3, 0.4) is 0 Å². The van der Waals surface area contributed by atoms with E-state index < -0.39 is 0 Å². The largest absolute Gasteiger partial charge is 0.309 e. The van der Waals surface area contributed by atoms with Gasteiger partial charge in [0.2, 0.25) is 0 Å². The Morgan fingerprint density at radius 1 is 0.195 bits per heavy atom. The second kappa shape index (κ2) is 18.3. The minimum atomic E-state index is 1.10. The molecule has 4 heteroatoms. The van der Waals surface area contributed by atoms with Gasteiger partial charge in [-0.2, -0.15) is 0 Å². The minimum Gasteiger partial charge on any atom is -0.309 e. The van der Waals surface area contributed by atoms with Gasteiger partial charge in [-0.15, -0.1) is 0 Å². The summed E-state index contributed by atoms with van der Waals surface area (Å²) in [5, 5.41) is 14.4. The third-order valence-electron chi connectivity index (χ3n) is 17.2. The normalized spacial score (nSPS) is 11.9. The van der Waals surface area contributed by atoms with Crippen LogP contribution in [0.25, 0.3) is 137 Å². The number of para-hydroxylation sites is 6. The first-order valence-electron chi connectivity index (χ1n) is 28.3. The molecule has 0 fully saturated rings. The smallest absolute Gasteiger partial charge is 0.0542 e. The lowest BCUT2D eigenvalue weighted by molar-refractivity contribution is 1.18. The fraction of sp³-hybridized carbons (Fsp3) is 0. The third kappa shape index (κ3) is 6.92. The van der Waals surface area contributed by atoms with Gasteiger partial charge in [-0.3, -0.25) is 0 Å². The van der Waals surface area contributed by atoms with Crippen molar-refractivity contribution in [1.29, 1.82) is 0 Å². The zero-order chi connectivity index (χ0) is 53.8. The summed E-state index contributed by atoms with van der Waals surface area (Å²) >= 11 is 0. The minimum absolute atomic E-state index is 1.10. The quantitative estimate of drug-likeness (QED) is 0.148. The van der Waals surface area contributed by atoms with E-state index in [9.17, 15) is 0 Å². The molecule has 0 radical (unpaired) electrons. The fourth-order valence-corrected chi connectivity index (χ4v) is 13.7. The van der Waals surface area contributed by atoms with Gasteiger partial charge in [0.1, 0.15) is 0 Å². The lowest BCUT2D eigenvalue weighted by atomic mass is 9.93. The number of benzene rings is 14. The van der Waals surface area contributed by atoms with Crippen LogP contribution in [0.4, 0.5) is 17.1 Å². The van der Waals surface area contributed by atoms with Gasteiger partial charge >= 0.3 is 0 Å². The maximum absolute atomic E-state index is 2.55. The van der Waals surface area contributed by atoms with E-state index in [0.717, 1.165) is 50.3 Å². The SMILES string of the molecule is c1ccc(-n2c3ccccc3c3cc(-c4ccc(N(c5ccc(-c6ccc7c(c6)c6ccccc6n7-c6ccccc6)c6ccccc56)c5ccc(-n6c7ccccc7c7ccccc76)c6ccccc56)c5ccccc45)ccc32)cc1. The van der Waals surface area contributed by atoms with E-state index in [1.165, 1.54) is 104 Å². The zero-order valence-corrected chi connectivity index (χ0v) is 44.7. The Labute approximate surface area is 473 Å². The van der Waals surface area contributed by atoms with Crippen LogP contribution in [-0.2, 0) is 0 Å². The summed E-state index contributed by atoms with van der Waals surface area (Å²) < 4.78 is 7.24. The molecule has 0 aliphatic rings. The summed E-state index contributed by atoms with van der Waals surface area (Å²) in [6, 6.07) is 112. The first-order valence-corrected chi connectivity index (χ1v) is 28.3. The van der Waals surface area contributed by atoms with Crippen LogP contribution in [0, 0.1) is 0 Å². The van der Waals surface area contributed by atoms with Gasteiger partial charge in [0.15, 0.2) is 0 Å². The Morgan fingerprint density at radius 2 is 0.500 bits per heavy atom. The van der Waals surface area contributed by atoms with E-state index in [1.807, 2.05) is 0 Å². The molecule has 14 aromatic carbocycles. The van der Waals surface area contributed by atoms with Gasteiger partial charge in [-0.25, -0.2) is 0 Å². The topological polar surface area (TPSA) is 18.0 Å². The molecule has 0 atom stereocenters. The van der Waals surface area contributed by atoms with Crippen LogP contribution in [0.1, 0.15) is 0 Å². The Bertz CT molecular complexity index is 5120. The molecule has 382 valence electrons. The Morgan fingerprint density at radius 3 is 0.927 bits per heavy atom. The summed E-state index contributed by atoms with van der Waals surface area (Å²) in [4.78, 5) is 2.55. The van der Waals surface area contributed by atoms with E-state index in [1.54, 1.807) is 0 Å². The lowest BCUT2D eigenvalue weighted by Crippen LogP contribution is -2.12. The second-order valence-corrected chi connectivity index (χ2v) is 21.6. The number of rotatable bonds is 8. The molecule has 0 amide bonds. The highest BCUT2D eigenvalue weighted by Crippen LogP contribution is 2.50. The van der Waals surface area contributed by atoms with Gasteiger partial charge in [0, 0.05) is 65.2 Å². The molecule has 0 aliphatic heterocycles. The van der Waals surface area contributed by atoms with Crippen LogP contribution in [-0.4, -0.2) is 13.7 Å². The lowest BCUT2D eigenvalue weighted by Gasteiger charge is -2.30. The Balaban J connectivity index is 0.896. The number of hydrogen-bond donors (Lipinski definition) is 0. The average molecular weight is 1040 g/mol. The molecule has 0 unspecified atom stereocenters. The van der Waals surface area contributed by atoms with Gasteiger partial charge < -0.3 is 18.6 Å². The fourth-order valence-electron chi connectivity index (χ4n) is 13.7. The molecule has 0 N–H and O–H groups in total. The summed E-state index contributed by atoms with van der Waals surface area (Å²) in [6.07, 6.45) is 0. The van der Waals surface area contributed by atoms with E-state index in [-0.39, 0.29) is 0 Å². The molecule has 3 aromatic heterocycles. The summed E-state index contributed by atoms with van der Waals surface area (Å²) in [5.41, 5.74) is 18.6. The monoisotopic (exact) mass is 1040 g/mol. The Hall–Kier alpha value is -10.9. The summed E-state index contributed by atoms with van der Waals surface area (Å²) in [6.45, 7) is 0. The van der Waals surface area contributed by atoms with E-state index in [0.29, 0.717) is 0 Å². The molecule has 0 saturated heterocycles. The summed E-state index contributed by atoms with van der Waals surface area (Å²) in [7, 11) is 0. The van der Waals surface area contributed by atoms with Crippen LogP contribution in [0.2, 0.25) is 0 Å². The molecule has 82 heavy (non-hydrogen) atoms. The highest BCUT2D eigenvalue weighted by molar-refractivity contribution is 6.18. The van der Waals surface area contributed by atoms with Crippen molar-refractivity contribution in [2.75, 3.05) is 4.90 Å². The zero-order valence-electron chi connectivity index (χ0n) is 44.7. The van der Waals surface area contributed by atoms with E-state index >= 15 is 0 Å². The maximum Gasteiger partial charge on any atom is 0.0542 e. The van der Waals surface area contributed by atoms with Crippen LogP contribution in [0.5, 0.6) is 0 Å². The molecule has 3 heterocycles. The van der Waals surface area contributed by atoms with E-state index in [2.05, 4.69) is 322 Å². The average Bonchev–Trinajstić information content (AvgIpc) is 3.30. The van der Waals surface area contributed by atoms with Crippen molar-refractivity contribution >= 4 is 115 Å². The van der Waals surface area contributed by atoms with Crippen LogP contribution >= 0.6 is 0 Å². The molecule has 0 aliphatic carbocycles. The first kappa shape index (κ1) is 46.0. The number of anilines is 3. The Kier molecular flexibility index (Phi) is 10.3.